The highest BCUT2D eigenvalue weighted by atomic mass is 19.1. The minimum absolute atomic E-state index is 0.0298. The largest absolute Gasteiger partial charge is 0.478 e. The van der Waals surface area contributed by atoms with E-state index in [1.165, 1.54) is 12.1 Å². The van der Waals surface area contributed by atoms with Gasteiger partial charge >= 0.3 is 0 Å². The van der Waals surface area contributed by atoms with Crippen molar-refractivity contribution in [1.82, 2.24) is 4.90 Å². The number of carbonyl (C=O) groups is 2. The van der Waals surface area contributed by atoms with Crippen molar-refractivity contribution >= 4 is 17.5 Å². The Bertz CT molecular complexity index is 834. The van der Waals surface area contributed by atoms with Crippen LogP contribution in [0, 0.1) is 5.82 Å². The summed E-state index contributed by atoms with van der Waals surface area (Å²) in [5, 5.41) is 2.79. The normalized spacial score (nSPS) is 15.0. The summed E-state index contributed by atoms with van der Waals surface area (Å²) in [4.78, 5) is 27.4. The number of anilines is 1. The van der Waals surface area contributed by atoms with Crippen LogP contribution in [0.3, 0.4) is 0 Å². The zero-order valence-electron chi connectivity index (χ0n) is 16.0. The van der Waals surface area contributed by atoms with Crippen LogP contribution < -0.4 is 10.1 Å². The summed E-state index contributed by atoms with van der Waals surface area (Å²) in [5.74, 6) is -0.986. The maximum absolute atomic E-state index is 13.8. The average Bonchev–Trinajstić information content (AvgIpc) is 2.73. The van der Waals surface area contributed by atoms with Crippen molar-refractivity contribution in [2.24, 2.45) is 0 Å². The van der Waals surface area contributed by atoms with Crippen molar-refractivity contribution in [2.75, 3.05) is 18.4 Å². The van der Waals surface area contributed by atoms with E-state index in [-0.39, 0.29) is 11.7 Å². The van der Waals surface area contributed by atoms with Gasteiger partial charge in [-0.05, 0) is 49.9 Å². The third-order valence-electron chi connectivity index (χ3n) is 4.83. The lowest BCUT2D eigenvalue weighted by atomic mass is 10.1. The van der Waals surface area contributed by atoms with Crippen LogP contribution in [0.15, 0.2) is 48.5 Å². The van der Waals surface area contributed by atoms with Gasteiger partial charge in [0.25, 0.3) is 11.8 Å². The molecule has 3 rings (SSSR count). The fourth-order valence-electron chi connectivity index (χ4n) is 3.27. The first kappa shape index (κ1) is 19.9. The zero-order valence-corrected chi connectivity index (χ0v) is 16.0. The molecule has 28 heavy (non-hydrogen) atoms. The molecule has 2 aromatic carbocycles. The third-order valence-corrected chi connectivity index (χ3v) is 4.83. The molecule has 1 atom stereocenters. The van der Waals surface area contributed by atoms with Crippen molar-refractivity contribution in [3.63, 3.8) is 0 Å². The molecule has 0 bridgehead atoms. The van der Waals surface area contributed by atoms with Gasteiger partial charge in [-0.3, -0.25) is 9.59 Å². The Kier molecular flexibility index (Phi) is 6.63. The number of benzene rings is 2. The summed E-state index contributed by atoms with van der Waals surface area (Å²) < 4.78 is 19.4. The van der Waals surface area contributed by atoms with Crippen LogP contribution in [0.1, 0.15) is 43.0 Å². The number of hydrogen-bond donors (Lipinski definition) is 1. The molecule has 0 unspecified atom stereocenters. The van der Waals surface area contributed by atoms with E-state index in [2.05, 4.69) is 5.32 Å². The molecule has 1 aliphatic heterocycles. The molecular formula is C22H25FN2O3. The fraction of sp³-hybridized carbons (Fsp3) is 0.364. The van der Waals surface area contributed by atoms with E-state index in [4.69, 9.17) is 4.74 Å². The van der Waals surface area contributed by atoms with E-state index in [0.29, 0.717) is 17.7 Å². The Balaban J connectivity index is 1.74. The van der Waals surface area contributed by atoms with Gasteiger partial charge in [0.15, 0.2) is 17.7 Å². The smallest absolute Gasteiger partial charge is 0.265 e. The number of rotatable bonds is 6. The van der Waals surface area contributed by atoms with Gasteiger partial charge in [0, 0.05) is 13.1 Å². The molecule has 1 aliphatic rings. The van der Waals surface area contributed by atoms with Crippen LogP contribution in [-0.4, -0.2) is 35.9 Å². The molecule has 0 saturated carbocycles. The molecule has 5 nitrogen and oxygen atoms in total. The second kappa shape index (κ2) is 9.35. The number of amides is 2. The predicted molar refractivity (Wildman–Crippen MR) is 106 cm³/mol. The maximum Gasteiger partial charge on any atom is 0.265 e. The SMILES string of the molecule is CC[C@@H](Oc1ccccc1F)C(=O)Nc1ccccc1C(=O)N1CCCCC1. The molecule has 148 valence electrons. The second-order valence-corrected chi connectivity index (χ2v) is 6.83. The average molecular weight is 384 g/mol. The molecule has 1 N–H and O–H groups in total. The van der Waals surface area contributed by atoms with Gasteiger partial charge < -0.3 is 15.0 Å². The highest BCUT2D eigenvalue weighted by Crippen LogP contribution is 2.22. The number of nitrogens with zero attached hydrogens (tertiary/aromatic N) is 1. The number of para-hydroxylation sites is 2. The summed E-state index contributed by atoms with van der Waals surface area (Å²) in [6.45, 7) is 3.25. The molecule has 6 heteroatoms. The lowest BCUT2D eigenvalue weighted by Gasteiger charge is -2.27. The van der Waals surface area contributed by atoms with Crippen molar-refractivity contribution in [1.29, 1.82) is 0 Å². The van der Waals surface area contributed by atoms with Crippen molar-refractivity contribution in [3.8, 4) is 5.75 Å². The van der Waals surface area contributed by atoms with Crippen LogP contribution in [0.4, 0.5) is 10.1 Å². The minimum atomic E-state index is -0.866. The second-order valence-electron chi connectivity index (χ2n) is 6.83. The van der Waals surface area contributed by atoms with E-state index in [1.807, 2.05) is 4.90 Å². The number of halogens is 1. The first-order chi connectivity index (χ1) is 13.6. The number of likely N-dealkylation sites (tertiary alicyclic amines) is 1. The molecule has 0 aromatic heterocycles. The number of carbonyl (C=O) groups excluding carboxylic acids is 2. The first-order valence-corrected chi connectivity index (χ1v) is 9.70. The highest BCUT2D eigenvalue weighted by Gasteiger charge is 2.24. The van der Waals surface area contributed by atoms with E-state index < -0.39 is 17.8 Å². The molecule has 2 aromatic rings. The third kappa shape index (κ3) is 4.68. The van der Waals surface area contributed by atoms with Gasteiger partial charge in [0.2, 0.25) is 0 Å². The van der Waals surface area contributed by atoms with E-state index >= 15 is 0 Å². The molecule has 2 amide bonds. The van der Waals surface area contributed by atoms with Gasteiger partial charge in [-0.15, -0.1) is 0 Å². The summed E-state index contributed by atoms with van der Waals surface area (Å²) in [6, 6.07) is 12.9. The van der Waals surface area contributed by atoms with Gasteiger partial charge in [-0.1, -0.05) is 31.2 Å². The first-order valence-electron chi connectivity index (χ1n) is 9.70. The van der Waals surface area contributed by atoms with Crippen LogP contribution in [0.5, 0.6) is 5.75 Å². The lowest BCUT2D eigenvalue weighted by Crippen LogP contribution is -2.37. The Morgan fingerprint density at radius 1 is 1.07 bits per heavy atom. The molecule has 0 spiro atoms. The van der Waals surface area contributed by atoms with Crippen LogP contribution in [0.25, 0.3) is 0 Å². The highest BCUT2D eigenvalue weighted by molar-refractivity contribution is 6.04. The van der Waals surface area contributed by atoms with Gasteiger partial charge in [-0.2, -0.15) is 0 Å². The number of ether oxygens (including phenoxy) is 1. The summed E-state index contributed by atoms with van der Waals surface area (Å²) in [6.07, 6.45) is 2.62. The molecule has 1 fully saturated rings. The molecular weight excluding hydrogens is 359 g/mol. The van der Waals surface area contributed by atoms with Crippen molar-refractivity contribution in [2.45, 2.75) is 38.7 Å². The minimum Gasteiger partial charge on any atom is -0.478 e. The quantitative estimate of drug-likeness (QED) is 0.810. The Morgan fingerprint density at radius 2 is 1.75 bits per heavy atom. The lowest BCUT2D eigenvalue weighted by molar-refractivity contribution is -0.122. The van der Waals surface area contributed by atoms with Crippen molar-refractivity contribution in [3.05, 3.63) is 59.9 Å². The zero-order chi connectivity index (χ0) is 19.9. The monoisotopic (exact) mass is 384 g/mol. The number of piperidine rings is 1. The topological polar surface area (TPSA) is 58.6 Å². The fourth-order valence-corrected chi connectivity index (χ4v) is 3.27. The Labute approximate surface area is 164 Å². The van der Waals surface area contributed by atoms with Gasteiger partial charge in [0.1, 0.15) is 0 Å². The Morgan fingerprint density at radius 3 is 2.46 bits per heavy atom. The van der Waals surface area contributed by atoms with Gasteiger partial charge in [-0.25, -0.2) is 4.39 Å². The standard InChI is InChI=1S/C22H25FN2O3/c1-2-19(28-20-13-7-5-11-17(20)23)21(26)24-18-12-6-4-10-16(18)22(27)25-14-8-3-9-15-25/h4-7,10-13,19H,2-3,8-9,14-15H2,1H3,(H,24,26)/t19-/m1/s1. The van der Waals surface area contributed by atoms with Crippen LogP contribution in [0.2, 0.25) is 0 Å². The molecule has 0 radical (unpaired) electrons. The Hall–Kier alpha value is -2.89. The van der Waals surface area contributed by atoms with E-state index in [0.717, 1.165) is 32.4 Å². The molecule has 1 heterocycles. The predicted octanol–water partition coefficient (Wildman–Crippen LogP) is 4.25. The van der Waals surface area contributed by atoms with Gasteiger partial charge in [0.05, 0.1) is 11.3 Å². The maximum atomic E-state index is 13.8. The summed E-state index contributed by atoms with van der Waals surface area (Å²) in [5.41, 5.74) is 0.900. The number of hydrogen-bond acceptors (Lipinski definition) is 3. The number of nitrogens with one attached hydrogen (secondary N) is 1. The molecule has 0 aliphatic carbocycles. The van der Waals surface area contributed by atoms with Crippen LogP contribution >= 0.6 is 0 Å². The molecule has 1 saturated heterocycles. The van der Waals surface area contributed by atoms with E-state index in [9.17, 15) is 14.0 Å². The van der Waals surface area contributed by atoms with Crippen molar-refractivity contribution < 1.29 is 18.7 Å². The summed E-state index contributed by atoms with van der Waals surface area (Å²) >= 11 is 0. The van der Waals surface area contributed by atoms with Crippen LogP contribution in [-0.2, 0) is 4.79 Å². The van der Waals surface area contributed by atoms with E-state index in [1.54, 1.807) is 43.3 Å². The summed E-state index contributed by atoms with van der Waals surface area (Å²) in [7, 11) is 0.